The van der Waals surface area contributed by atoms with Gasteiger partial charge in [-0.3, -0.25) is 0 Å². The summed E-state index contributed by atoms with van der Waals surface area (Å²) in [5.41, 5.74) is 0.945. The van der Waals surface area contributed by atoms with E-state index in [9.17, 15) is 5.11 Å². The Kier molecular flexibility index (Phi) is 5.62. The largest absolute Gasteiger partial charge is 0.494 e. The molecule has 20 heavy (non-hydrogen) atoms. The molecule has 0 saturated carbocycles. The molecule has 1 unspecified atom stereocenters. The summed E-state index contributed by atoms with van der Waals surface area (Å²) in [7, 11) is 0. The molecule has 1 heterocycles. The molecule has 0 aliphatic carbocycles. The van der Waals surface area contributed by atoms with Crippen LogP contribution in [0.5, 0.6) is 5.75 Å². The first kappa shape index (κ1) is 15.1. The number of aryl methyl sites for hydroxylation is 1. The summed E-state index contributed by atoms with van der Waals surface area (Å²) in [5.74, 6) is 0.868. The molecular weight excluding hydrogens is 268 g/mol. The number of ether oxygens (including phenoxy) is 1. The predicted molar refractivity (Wildman–Crippen MR) is 84.6 cm³/mol. The summed E-state index contributed by atoms with van der Waals surface area (Å²) in [6.45, 7) is 4.97. The summed E-state index contributed by atoms with van der Waals surface area (Å²) in [6.07, 6.45) is 2.30. The number of thiophene rings is 1. The van der Waals surface area contributed by atoms with Crippen LogP contribution in [0.3, 0.4) is 0 Å². The fraction of sp³-hybridized carbons (Fsp3) is 0.412. The molecule has 108 valence electrons. The lowest BCUT2D eigenvalue weighted by atomic mass is 10.1. The average molecular weight is 290 g/mol. The van der Waals surface area contributed by atoms with Crippen molar-refractivity contribution in [2.75, 3.05) is 6.61 Å². The summed E-state index contributed by atoms with van der Waals surface area (Å²) >= 11 is 1.79. The van der Waals surface area contributed by atoms with Gasteiger partial charge in [0.2, 0.25) is 0 Å². The quantitative estimate of drug-likeness (QED) is 0.820. The maximum Gasteiger partial charge on any atom is 0.119 e. The van der Waals surface area contributed by atoms with Gasteiger partial charge in [-0.2, -0.15) is 0 Å². The zero-order valence-electron chi connectivity index (χ0n) is 12.1. The molecule has 0 bridgehead atoms. The van der Waals surface area contributed by atoms with E-state index in [1.807, 2.05) is 24.3 Å². The molecule has 2 rings (SSSR count). The predicted octanol–water partition coefficient (Wildman–Crippen LogP) is 4.38. The van der Waals surface area contributed by atoms with Crippen LogP contribution >= 0.6 is 11.3 Å². The number of rotatable bonds is 7. The molecular formula is C17H22O2S. The topological polar surface area (TPSA) is 29.5 Å². The second-order valence-corrected chi connectivity index (χ2v) is 6.11. The molecule has 1 atom stereocenters. The van der Waals surface area contributed by atoms with Crippen molar-refractivity contribution >= 4 is 11.3 Å². The zero-order valence-corrected chi connectivity index (χ0v) is 13.0. The summed E-state index contributed by atoms with van der Waals surface area (Å²) in [5, 5.41) is 10.3. The van der Waals surface area contributed by atoms with Gasteiger partial charge in [0.05, 0.1) is 12.7 Å². The number of benzene rings is 1. The second-order valence-electron chi connectivity index (χ2n) is 4.86. The third-order valence-electron chi connectivity index (χ3n) is 3.20. The zero-order chi connectivity index (χ0) is 14.4. The van der Waals surface area contributed by atoms with Crippen molar-refractivity contribution in [1.82, 2.24) is 0 Å². The Morgan fingerprint density at radius 2 is 1.75 bits per heavy atom. The van der Waals surface area contributed by atoms with Crippen molar-refractivity contribution < 1.29 is 9.84 Å². The smallest absolute Gasteiger partial charge is 0.119 e. The minimum atomic E-state index is -0.446. The highest BCUT2D eigenvalue weighted by Crippen LogP contribution is 2.25. The third-order valence-corrected chi connectivity index (χ3v) is 4.45. The Balaban J connectivity index is 1.96. The molecule has 0 aliphatic heterocycles. The lowest BCUT2D eigenvalue weighted by Crippen LogP contribution is -2.01. The van der Waals surface area contributed by atoms with Crippen LogP contribution in [0.25, 0.3) is 0 Å². The van der Waals surface area contributed by atoms with Gasteiger partial charge in [-0.1, -0.05) is 26.0 Å². The average Bonchev–Trinajstić information content (AvgIpc) is 2.93. The standard InChI is InChI=1S/C17H22O2S/c1-3-11-19-14-7-5-13(6-8-14)17(18)12-16-10-9-15(4-2)20-16/h5-10,17-18H,3-4,11-12H2,1-2H3. The molecule has 0 aliphatic rings. The number of aliphatic hydroxyl groups excluding tert-OH is 1. The Bertz CT molecular complexity index is 516. The van der Waals surface area contributed by atoms with E-state index in [0.29, 0.717) is 6.42 Å². The number of hydrogen-bond acceptors (Lipinski definition) is 3. The molecule has 1 N–H and O–H groups in total. The molecule has 0 fully saturated rings. The Hall–Kier alpha value is -1.32. The van der Waals surface area contributed by atoms with E-state index in [1.54, 1.807) is 11.3 Å². The van der Waals surface area contributed by atoms with Gasteiger partial charge >= 0.3 is 0 Å². The van der Waals surface area contributed by atoms with Crippen molar-refractivity contribution in [1.29, 1.82) is 0 Å². The molecule has 0 amide bonds. The van der Waals surface area contributed by atoms with Crippen molar-refractivity contribution in [2.24, 2.45) is 0 Å². The Morgan fingerprint density at radius 3 is 2.35 bits per heavy atom. The van der Waals surface area contributed by atoms with Gasteiger partial charge in [0.25, 0.3) is 0 Å². The van der Waals surface area contributed by atoms with Crippen LogP contribution in [-0.4, -0.2) is 11.7 Å². The van der Waals surface area contributed by atoms with Crippen LogP contribution in [0.1, 0.15) is 41.7 Å². The van der Waals surface area contributed by atoms with Crippen LogP contribution < -0.4 is 4.74 Å². The fourth-order valence-corrected chi connectivity index (χ4v) is 3.03. The van der Waals surface area contributed by atoms with Crippen LogP contribution in [0, 0.1) is 0 Å². The molecule has 1 aromatic carbocycles. The van der Waals surface area contributed by atoms with Crippen LogP contribution in [0.4, 0.5) is 0 Å². The van der Waals surface area contributed by atoms with E-state index >= 15 is 0 Å². The van der Waals surface area contributed by atoms with E-state index < -0.39 is 6.10 Å². The lowest BCUT2D eigenvalue weighted by molar-refractivity contribution is 0.179. The first-order valence-electron chi connectivity index (χ1n) is 7.21. The van der Waals surface area contributed by atoms with E-state index in [2.05, 4.69) is 26.0 Å². The molecule has 1 aromatic heterocycles. The first-order valence-corrected chi connectivity index (χ1v) is 8.03. The summed E-state index contributed by atoms with van der Waals surface area (Å²) < 4.78 is 5.55. The molecule has 0 radical (unpaired) electrons. The van der Waals surface area contributed by atoms with Crippen LogP contribution in [0.15, 0.2) is 36.4 Å². The molecule has 0 spiro atoms. The molecule has 2 aromatic rings. The third kappa shape index (κ3) is 4.09. The highest BCUT2D eigenvalue weighted by Gasteiger charge is 2.10. The van der Waals surface area contributed by atoms with Crippen LogP contribution in [-0.2, 0) is 12.8 Å². The van der Waals surface area contributed by atoms with Crippen LogP contribution in [0.2, 0.25) is 0 Å². The van der Waals surface area contributed by atoms with Gasteiger partial charge in [0.1, 0.15) is 5.75 Å². The summed E-state index contributed by atoms with van der Waals surface area (Å²) in [4.78, 5) is 2.61. The first-order chi connectivity index (χ1) is 9.72. The SMILES string of the molecule is CCCOc1ccc(C(O)Cc2ccc(CC)s2)cc1. The maximum atomic E-state index is 10.3. The van der Waals surface area contributed by atoms with Gasteiger partial charge in [-0.15, -0.1) is 11.3 Å². The van der Waals surface area contributed by atoms with Gasteiger partial charge in [-0.25, -0.2) is 0 Å². The molecule has 2 nitrogen and oxygen atoms in total. The minimum absolute atomic E-state index is 0.446. The van der Waals surface area contributed by atoms with Crippen molar-refractivity contribution in [2.45, 2.75) is 39.2 Å². The Labute approximate surface area is 125 Å². The van der Waals surface area contributed by atoms with E-state index in [-0.39, 0.29) is 0 Å². The van der Waals surface area contributed by atoms with Crippen molar-refractivity contribution in [3.63, 3.8) is 0 Å². The molecule has 0 saturated heterocycles. The second kappa shape index (κ2) is 7.46. The minimum Gasteiger partial charge on any atom is -0.494 e. The van der Waals surface area contributed by atoms with E-state index in [0.717, 1.165) is 30.8 Å². The molecule has 3 heteroatoms. The fourth-order valence-electron chi connectivity index (χ4n) is 2.04. The van der Waals surface area contributed by atoms with Crippen molar-refractivity contribution in [3.05, 3.63) is 51.7 Å². The highest BCUT2D eigenvalue weighted by molar-refractivity contribution is 7.11. The normalized spacial score (nSPS) is 12.3. The van der Waals surface area contributed by atoms with Gasteiger partial charge < -0.3 is 9.84 Å². The van der Waals surface area contributed by atoms with Gasteiger partial charge in [0, 0.05) is 16.2 Å². The van der Waals surface area contributed by atoms with E-state index in [1.165, 1.54) is 9.75 Å². The number of hydrogen-bond donors (Lipinski definition) is 1. The number of aliphatic hydroxyl groups is 1. The monoisotopic (exact) mass is 290 g/mol. The lowest BCUT2D eigenvalue weighted by Gasteiger charge is -2.11. The maximum absolute atomic E-state index is 10.3. The summed E-state index contributed by atoms with van der Waals surface area (Å²) in [6, 6.07) is 12.0. The van der Waals surface area contributed by atoms with Gasteiger partial charge in [-0.05, 0) is 42.7 Å². The van der Waals surface area contributed by atoms with Gasteiger partial charge in [0.15, 0.2) is 0 Å². The van der Waals surface area contributed by atoms with Crippen molar-refractivity contribution in [3.8, 4) is 5.75 Å². The Morgan fingerprint density at radius 1 is 1.05 bits per heavy atom. The highest BCUT2D eigenvalue weighted by atomic mass is 32.1. The van der Waals surface area contributed by atoms with E-state index in [4.69, 9.17) is 4.74 Å².